The number of nitrogens with zero attached hydrogens (tertiary/aromatic N) is 1. The van der Waals surface area contributed by atoms with Gasteiger partial charge in [-0.15, -0.1) is 0 Å². The Bertz CT molecular complexity index is 959. The molecule has 8 unspecified atom stereocenters. The lowest BCUT2D eigenvalue weighted by molar-refractivity contribution is -0.271. The second-order valence-electron chi connectivity index (χ2n) is 9.40. The molecule has 31 heavy (non-hydrogen) atoms. The summed E-state index contributed by atoms with van der Waals surface area (Å²) in [5.41, 5.74) is 2.05. The Hall–Kier alpha value is -1.71. The van der Waals surface area contributed by atoms with Gasteiger partial charge in [-0.05, 0) is 68.4 Å². The maximum absolute atomic E-state index is 11.4. The van der Waals surface area contributed by atoms with E-state index in [4.69, 9.17) is 13.6 Å². The largest absolute Gasteiger partial charge is 0.479 e. The Morgan fingerprint density at radius 3 is 2.84 bits per heavy atom. The number of carboxylic acid groups (broad SMARTS) is 1. The molecule has 3 fully saturated rings. The second-order valence-corrected chi connectivity index (χ2v) is 9.40. The quantitative estimate of drug-likeness (QED) is 0.545. The molecule has 2 aliphatic heterocycles. The van der Waals surface area contributed by atoms with Gasteiger partial charge in [-0.1, -0.05) is 18.9 Å². The van der Waals surface area contributed by atoms with E-state index in [1.807, 2.05) is 12.1 Å². The van der Waals surface area contributed by atoms with Crippen LogP contribution < -0.4 is 4.74 Å². The number of hydrogen-bond donors (Lipinski definition) is 4. The molecule has 2 saturated heterocycles. The van der Waals surface area contributed by atoms with Crippen molar-refractivity contribution in [2.75, 3.05) is 13.5 Å². The molecule has 0 amide bonds. The number of piperidine rings is 1. The Morgan fingerprint density at radius 2 is 2.06 bits per heavy atom. The highest BCUT2D eigenvalue weighted by atomic mass is 16.7. The van der Waals surface area contributed by atoms with Gasteiger partial charge in [0.05, 0.1) is 0 Å². The van der Waals surface area contributed by atoms with E-state index in [9.17, 15) is 25.2 Å². The number of likely N-dealkylation sites (tertiary alicyclic amines) is 1. The van der Waals surface area contributed by atoms with Crippen LogP contribution in [0.5, 0.6) is 5.75 Å². The van der Waals surface area contributed by atoms with Crippen LogP contribution in [0, 0.1) is 5.92 Å². The number of hydrogen-bond acceptors (Lipinski definition) is 7. The van der Waals surface area contributed by atoms with Crippen LogP contribution >= 0.6 is 0 Å². The molecule has 2 bridgehead atoms. The predicted octanol–water partition coefficient (Wildman–Crippen LogP) is 0.646. The summed E-state index contributed by atoms with van der Waals surface area (Å²) in [4.78, 5) is 13.1. The van der Waals surface area contributed by atoms with Crippen molar-refractivity contribution in [2.24, 2.45) is 5.92 Å². The molecule has 8 heteroatoms. The van der Waals surface area contributed by atoms with Crippen molar-refractivity contribution < 1.29 is 38.8 Å². The first-order valence-corrected chi connectivity index (χ1v) is 11.0. The number of ether oxygens (including phenoxy) is 2. The van der Waals surface area contributed by atoms with E-state index in [0.29, 0.717) is 18.7 Å². The third-order valence-electron chi connectivity index (χ3n) is 7.87. The van der Waals surface area contributed by atoms with Crippen molar-refractivity contribution in [3.05, 3.63) is 29.3 Å². The van der Waals surface area contributed by atoms with Gasteiger partial charge < -0.3 is 34.8 Å². The Morgan fingerprint density at radius 1 is 1.23 bits per heavy atom. The van der Waals surface area contributed by atoms with Crippen LogP contribution in [0.25, 0.3) is 0 Å². The summed E-state index contributed by atoms with van der Waals surface area (Å²) in [6.07, 6.45) is -2.90. The van der Waals surface area contributed by atoms with Crippen LogP contribution in [0.3, 0.4) is 0 Å². The van der Waals surface area contributed by atoms with Crippen molar-refractivity contribution in [3.8, 4) is 5.75 Å². The van der Waals surface area contributed by atoms with Crippen molar-refractivity contribution in [1.29, 1.82) is 0 Å². The third-order valence-corrected chi connectivity index (χ3v) is 7.87. The SMILES string of the molecule is [2H]C([2H])([2H])N1CCC23CCCCC2C1Cc1ccc(OC2OC(C(=O)O)C(O)C(O)C2O)cc13. The Labute approximate surface area is 185 Å². The van der Waals surface area contributed by atoms with Gasteiger partial charge in [0.15, 0.2) is 6.10 Å². The van der Waals surface area contributed by atoms with Crippen molar-refractivity contribution in [2.45, 2.75) is 80.7 Å². The number of aliphatic carboxylic acids is 1. The fraction of sp³-hybridized carbons (Fsp3) is 0.696. The number of carbonyl (C=O) groups is 1. The average molecular weight is 437 g/mol. The molecule has 4 aliphatic rings. The number of likely N-dealkylation sites (N-methyl/N-ethyl adjacent to an activating group) is 1. The van der Waals surface area contributed by atoms with Gasteiger partial charge in [0.1, 0.15) is 24.1 Å². The van der Waals surface area contributed by atoms with Crippen LogP contribution in [0.2, 0.25) is 0 Å². The van der Waals surface area contributed by atoms with E-state index in [1.165, 1.54) is 0 Å². The topological polar surface area (TPSA) is 120 Å². The van der Waals surface area contributed by atoms with E-state index in [-0.39, 0.29) is 17.4 Å². The Balaban J connectivity index is 1.46. The summed E-state index contributed by atoms with van der Waals surface area (Å²) in [5, 5.41) is 39.6. The molecule has 1 saturated carbocycles. The van der Waals surface area contributed by atoms with E-state index >= 15 is 0 Å². The molecule has 170 valence electrons. The molecule has 1 aromatic carbocycles. The lowest BCUT2D eigenvalue weighted by Crippen LogP contribution is -2.61. The average Bonchev–Trinajstić information content (AvgIpc) is 2.78. The van der Waals surface area contributed by atoms with Gasteiger partial charge in [-0.3, -0.25) is 0 Å². The molecule has 0 aromatic heterocycles. The maximum Gasteiger partial charge on any atom is 0.335 e. The molecule has 0 radical (unpaired) electrons. The van der Waals surface area contributed by atoms with Crippen LogP contribution in [0.1, 0.15) is 47.3 Å². The van der Waals surface area contributed by atoms with Crippen molar-refractivity contribution in [3.63, 3.8) is 0 Å². The zero-order valence-corrected chi connectivity index (χ0v) is 17.2. The first-order valence-electron chi connectivity index (χ1n) is 12.5. The summed E-state index contributed by atoms with van der Waals surface area (Å²) in [6, 6.07) is 5.45. The zero-order valence-electron chi connectivity index (χ0n) is 20.2. The normalized spacial score (nSPS) is 44.2. The molecule has 2 aliphatic carbocycles. The monoisotopic (exact) mass is 436 g/mol. The van der Waals surface area contributed by atoms with Crippen molar-refractivity contribution in [1.82, 2.24) is 4.90 Å². The summed E-state index contributed by atoms with van der Waals surface area (Å²) >= 11 is 0. The molecule has 5 rings (SSSR count). The number of carboxylic acids is 1. The molecular formula is C23H31NO7. The number of benzene rings is 1. The lowest BCUT2D eigenvalue weighted by Gasteiger charge is -2.58. The fourth-order valence-electron chi connectivity index (χ4n) is 6.34. The van der Waals surface area contributed by atoms with Gasteiger partial charge in [-0.25, -0.2) is 4.79 Å². The van der Waals surface area contributed by atoms with Gasteiger partial charge in [0.2, 0.25) is 6.29 Å². The number of rotatable bonds is 3. The maximum atomic E-state index is 11.4. The van der Waals surface area contributed by atoms with E-state index in [2.05, 4.69) is 0 Å². The number of fused-ring (bicyclic) bond motifs is 1. The lowest BCUT2D eigenvalue weighted by atomic mass is 9.52. The third kappa shape index (κ3) is 3.27. The molecule has 8 nitrogen and oxygen atoms in total. The molecular weight excluding hydrogens is 402 g/mol. The van der Waals surface area contributed by atoms with Crippen LogP contribution in [0.4, 0.5) is 0 Å². The summed E-state index contributed by atoms with van der Waals surface area (Å²) in [7, 11) is 0. The van der Waals surface area contributed by atoms with E-state index < -0.39 is 43.7 Å². The minimum atomic E-state index is -2.13. The fourth-order valence-corrected chi connectivity index (χ4v) is 6.34. The Kier molecular flexibility index (Phi) is 4.42. The summed E-state index contributed by atoms with van der Waals surface area (Å²) in [5.74, 6) is -0.873. The second kappa shape index (κ2) is 7.71. The standard InChI is InChI=1S/C23H31NO7/c1-24-9-8-23-7-3-2-4-14(23)16(24)10-12-5-6-13(11-15(12)23)30-22-19(27)17(25)18(26)20(31-22)21(28)29/h5-6,11,14,16-20,22,25-27H,2-4,7-10H2,1H3,(H,28,29)/i1D3. The van der Waals surface area contributed by atoms with E-state index in [0.717, 1.165) is 43.2 Å². The summed E-state index contributed by atoms with van der Waals surface area (Å²) in [6.45, 7) is -1.63. The van der Waals surface area contributed by atoms with Gasteiger partial charge >= 0.3 is 5.97 Å². The van der Waals surface area contributed by atoms with Crippen molar-refractivity contribution >= 4 is 5.97 Å². The highest BCUT2D eigenvalue weighted by molar-refractivity contribution is 5.73. The zero-order chi connectivity index (χ0) is 24.4. The van der Waals surface area contributed by atoms with Crippen LogP contribution in [-0.2, 0) is 21.4 Å². The van der Waals surface area contributed by atoms with Gasteiger partial charge in [0.25, 0.3) is 0 Å². The van der Waals surface area contributed by atoms with Gasteiger partial charge in [-0.2, -0.15) is 0 Å². The molecule has 0 spiro atoms. The predicted molar refractivity (Wildman–Crippen MR) is 110 cm³/mol. The first-order chi connectivity index (χ1) is 16.0. The van der Waals surface area contributed by atoms with E-state index in [1.54, 1.807) is 11.0 Å². The van der Waals surface area contributed by atoms with Gasteiger partial charge in [0, 0.05) is 15.6 Å². The molecule has 4 N–H and O–H groups in total. The molecule has 8 atom stereocenters. The van der Waals surface area contributed by atoms with Crippen LogP contribution in [0.15, 0.2) is 18.2 Å². The summed E-state index contributed by atoms with van der Waals surface area (Å²) < 4.78 is 35.2. The minimum absolute atomic E-state index is 0.0442. The molecule has 1 aromatic rings. The van der Waals surface area contributed by atoms with Crippen LogP contribution in [-0.4, -0.2) is 81.6 Å². The smallest absolute Gasteiger partial charge is 0.335 e. The number of aliphatic hydroxyl groups is 3. The number of aliphatic hydroxyl groups excluding tert-OH is 3. The molecule has 2 heterocycles. The minimum Gasteiger partial charge on any atom is -0.479 e. The first kappa shape index (κ1) is 17.8. The highest BCUT2D eigenvalue weighted by Crippen LogP contribution is 2.56. The highest BCUT2D eigenvalue weighted by Gasteiger charge is 2.53.